The van der Waals surface area contributed by atoms with E-state index >= 15 is 0 Å². The van der Waals surface area contributed by atoms with Crippen LogP contribution < -0.4 is 19.1 Å². The second kappa shape index (κ2) is 8.80. The monoisotopic (exact) mass is 435 g/mol. The van der Waals surface area contributed by atoms with Crippen LogP contribution >= 0.6 is 15.9 Å². The van der Waals surface area contributed by atoms with Crippen molar-refractivity contribution in [2.45, 2.75) is 13.5 Å². The van der Waals surface area contributed by atoms with Crippen LogP contribution in [0.15, 0.2) is 28.9 Å². The van der Waals surface area contributed by atoms with Gasteiger partial charge in [0.25, 0.3) is 0 Å². The van der Waals surface area contributed by atoms with E-state index in [4.69, 9.17) is 14.2 Å². The van der Waals surface area contributed by atoms with Gasteiger partial charge in [-0.2, -0.15) is 0 Å². The number of hydrogen-bond acceptors (Lipinski definition) is 6. The van der Waals surface area contributed by atoms with Crippen LogP contribution in [-0.4, -0.2) is 57.4 Å². The number of pyridine rings is 1. The van der Waals surface area contributed by atoms with Gasteiger partial charge in [0.05, 0.1) is 21.3 Å². The third-order valence-corrected chi connectivity index (χ3v) is 5.69. The normalized spacial score (nSPS) is 14.9. The van der Waals surface area contributed by atoms with E-state index in [-0.39, 0.29) is 0 Å². The van der Waals surface area contributed by atoms with Crippen LogP contribution in [0.1, 0.15) is 11.1 Å². The number of methoxy groups -OCH3 is 3. The Morgan fingerprint density at radius 2 is 1.59 bits per heavy atom. The van der Waals surface area contributed by atoms with Crippen LogP contribution in [0.25, 0.3) is 0 Å². The molecule has 1 aliphatic rings. The lowest BCUT2D eigenvalue weighted by Gasteiger charge is -2.35. The Hall–Kier alpha value is -1.99. The Balaban J connectivity index is 1.66. The summed E-state index contributed by atoms with van der Waals surface area (Å²) >= 11 is 3.51. The Bertz CT molecular complexity index is 767. The Labute approximate surface area is 169 Å². The number of nitrogens with zero attached hydrogens (tertiary/aromatic N) is 3. The minimum Gasteiger partial charge on any atom is -0.493 e. The molecule has 1 aromatic heterocycles. The molecule has 0 aliphatic carbocycles. The molecule has 0 saturated carbocycles. The van der Waals surface area contributed by atoms with Gasteiger partial charge in [-0.05, 0) is 52.2 Å². The Kier molecular flexibility index (Phi) is 6.44. The maximum atomic E-state index is 5.46. The molecular weight excluding hydrogens is 410 g/mol. The lowest BCUT2D eigenvalue weighted by molar-refractivity contribution is 0.248. The molecule has 0 unspecified atom stereocenters. The molecule has 0 spiro atoms. The molecule has 1 saturated heterocycles. The van der Waals surface area contributed by atoms with Crippen LogP contribution in [0.2, 0.25) is 0 Å². The van der Waals surface area contributed by atoms with Gasteiger partial charge >= 0.3 is 0 Å². The third-order valence-electron chi connectivity index (χ3n) is 4.86. The quantitative estimate of drug-likeness (QED) is 0.691. The zero-order chi connectivity index (χ0) is 19.4. The first-order valence-corrected chi connectivity index (χ1v) is 9.73. The first kappa shape index (κ1) is 19.8. The van der Waals surface area contributed by atoms with Gasteiger partial charge in [-0.1, -0.05) is 0 Å². The summed E-state index contributed by atoms with van der Waals surface area (Å²) in [6.07, 6.45) is 1.88. The number of rotatable bonds is 6. The second-order valence-corrected chi connectivity index (χ2v) is 7.44. The standard InChI is InChI=1S/C20H26BrN3O3/c1-14-9-19(22-12-16(14)21)24-7-5-23(6-8-24)13-15-10-17(25-2)20(27-4)18(11-15)26-3/h9-12H,5-8,13H2,1-4H3. The zero-order valence-corrected chi connectivity index (χ0v) is 17.9. The molecule has 0 radical (unpaired) electrons. The average molecular weight is 436 g/mol. The molecule has 0 atom stereocenters. The van der Waals surface area contributed by atoms with E-state index in [9.17, 15) is 0 Å². The first-order valence-electron chi connectivity index (χ1n) is 8.94. The largest absolute Gasteiger partial charge is 0.493 e. The maximum absolute atomic E-state index is 5.46. The Morgan fingerprint density at radius 3 is 2.11 bits per heavy atom. The van der Waals surface area contributed by atoms with Crippen LogP contribution in [0.3, 0.4) is 0 Å². The predicted octanol–water partition coefficient (Wildman–Crippen LogP) is 3.50. The van der Waals surface area contributed by atoms with Crippen LogP contribution in [-0.2, 0) is 6.54 Å². The minimum atomic E-state index is 0.630. The minimum absolute atomic E-state index is 0.630. The number of hydrogen-bond donors (Lipinski definition) is 0. The van der Waals surface area contributed by atoms with Crippen LogP contribution in [0.5, 0.6) is 17.2 Å². The summed E-state index contributed by atoms with van der Waals surface area (Å²) in [5.74, 6) is 3.06. The molecule has 1 aliphatic heterocycles. The summed E-state index contributed by atoms with van der Waals surface area (Å²) in [4.78, 5) is 9.32. The molecule has 7 heteroatoms. The molecule has 146 valence electrons. The molecule has 2 aromatic rings. The lowest BCUT2D eigenvalue weighted by atomic mass is 10.1. The smallest absolute Gasteiger partial charge is 0.203 e. The topological polar surface area (TPSA) is 47.1 Å². The number of ether oxygens (including phenoxy) is 3. The van der Waals surface area contributed by atoms with Crippen molar-refractivity contribution in [2.75, 3.05) is 52.4 Å². The number of aryl methyl sites for hydroxylation is 1. The highest BCUT2D eigenvalue weighted by molar-refractivity contribution is 9.10. The van der Waals surface area contributed by atoms with Crippen molar-refractivity contribution >= 4 is 21.7 Å². The number of aromatic nitrogens is 1. The van der Waals surface area contributed by atoms with E-state index < -0.39 is 0 Å². The van der Waals surface area contributed by atoms with Crippen molar-refractivity contribution in [1.29, 1.82) is 0 Å². The molecule has 1 fully saturated rings. The lowest BCUT2D eigenvalue weighted by Crippen LogP contribution is -2.46. The highest BCUT2D eigenvalue weighted by Gasteiger charge is 2.20. The van der Waals surface area contributed by atoms with Gasteiger partial charge in [0.15, 0.2) is 11.5 Å². The van der Waals surface area contributed by atoms with Gasteiger partial charge in [-0.15, -0.1) is 0 Å². The summed E-state index contributed by atoms with van der Waals surface area (Å²) < 4.78 is 17.4. The van der Waals surface area contributed by atoms with Crippen molar-refractivity contribution in [3.05, 3.63) is 40.0 Å². The molecule has 0 N–H and O–H groups in total. The van der Waals surface area contributed by atoms with Gasteiger partial charge in [0.1, 0.15) is 5.82 Å². The number of anilines is 1. The molecule has 1 aromatic carbocycles. The predicted molar refractivity (Wildman–Crippen MR) is 110 cm³/mol. The first-order chi connectivity index (χ1) is 13.0. The third kappa shape index (κ3) is 4.47. The van der Waals surface area contributed by atoms with E-state index in [0.29, 0.717) is 17.2 Å². The molecule has 0 amide bonds. The summed E-state index contributed by atoms with van der Waals surface area (Å²) in [5, 5.41) is 0. The highest BCUT2D eigenvalue weighted by atomic mass is 79.9. The number of benzene rings is 1. The van der Waals surface area contributed by atoms with E-state index in [2.05, 4.69) is 43.7 Å². The van der Waals surface area contributed by atoms with Gasteiger partial charge in [0, 0.05) is 43.4 Å². The van der Waals surface area contributed by atoms with Gasteiger partial charge in [0.2, 0.25) is 5.75 Å². The Morgan fingerprint density at radius 1 is 0.963 bits per heavy atom. The van der Waals surface area contributed by atoms with Crippen molar-refractivity contribution in [3.63, 3.8) is 0 Å². The molecule has 2 heterocycles. The van der Waals surface area contributed by atoms with E-state index in [1.807, 2.05) is 18.3 Å². The van der Waals surface area contributed by atoms with Crippen molar-refractivity contribution < 1.29 is 14.2 Å². The SMILES string of the molecule is COc1cc(CN2CCN(c3cc(C)c(Br)cn3)CC2)cc(OC)c1OC. The van der Waals surface area contributed by atoms with E-state index in [1.54, 1.807) is 21.3 Å². The van der Waals surface area contributed by atoms with Crippen molar-refractivity contribution in [1.82, 2.24) is 9.88 Å². The molecule has 0 bridgehead atoms. The molecule has 3 rings (SSSR count). The van der Waals surface area contributed by atoms with Gasteiger partial charge in [-0.25, -0.2) is 4.98 Å². The van der Waals surface area contributed by atoms with Crippen molar-refractivity contribution in [2.24, 2.45) is 0 Å². The zero-order valence-electron chi connectivity index (χ0n) is 16.3. The fourth-order valence-corrected chi connectivity index (χ4v) is 3.53. The molecule has 6 nitrogen and oxygen atoms in total. The van der Waals surface area contributed by atoms with E-state index in [1.165, 1.54) is 5.56 Å². The summed E-state index contributed by atoms with van der Waals surface area (Å²) in [6, 6.07) is 6.18. The summed E-state index contributed by atoms with van der Waals surface area (Å²) in [5.41, 5.74) is 2.36. The van der Waals surface area contributed by atoms with Crippen molar-refractivity contribution in [3.8, 4) is 17.2 Å². The van der Waals surface area contributed by atoms with Gasteiger partial charge in [-0.3, -0.25) is 4.90 Å². The maximum Gasteiger partial charge on any atom is 0.203 e. The fraction of sp³-hybridized carbons (Fsp3) is 0.450. The van der Waals surface area contributed by atoms with Crippen LogP contribution in [0, 0.1) is 6.92 Å². The van der Waals surface area contributed by atoms with Gasteiger partial charge < -0.3 is 19.1 Å². The van der Waals surface area contributed by atoms with E-state index in [0.717, 1.165) is 48.6 Å². The second-order valence-electron chi connectivity index (χ2n) is 6.59. The highest BCUT2D eigenvalue weighted by Crippen LogP contribution is 2.38. The molecule has 27 heavy (non-hydrogen) atoms. The molecular formula is C20H26BrN3O3. The summed E-state index contributed by atoms with van der Waals surface area (Å²) in [6.45, 7) is 6.81. The number of halogens is 1. The fourth-order valence-electron chi connectivity index (χ4n) is 3.32. The number of piperazine rings is 1. The van der Waals surface area contributed by atoms with Crippen LogP contribution in [0.4, 0.5) is 5.82 Å². The summed E-state index contributed by atoms with van der Waals surface area (Å²) in [7, 11) is 4.91. The average Bonchev–Trinajstić information content (AvgIpc) is 2.69.